The van der Waals surface area contributed by atoms with E-state index in [-0.39, 0.29) is 11.9 Å². The highest BCUT2D eigenvalue weighted by Crippen LogP contribution is 2.29. The van der Waals surface area contributed by atoms with Gasteiger partial charge in [0.05, 0.1) is 6.04 Å². The molecule has 31 heavy (non-hydrogen) atoms. The van der Waals surface area contributed by atoms with E-state index in [1.54, 1.807) is 0 Å². The molecule has 0 fully saturated rings. The molecule has 158 valence electrons. The Labute approximate surface area is 181 Å². The molecule has 0 unspecified atom stereocenters. The zero-order valence-corrected chi connectivity index (χ0v) is 17.4. The van der Waals surface area contributed by atoms with Gasteiger partial charge in [-0.15, -0.1) is 10.2 Å². The third-order valence-corrected chi connectivity index (χ3v) is 6.06. The van der Waals surface area contributed by atoms with E-state index in [4.69, 9.17) is 4.42 Å². The highest BCUT2D eigenvalue weighted by atomic mass is 16.4. The van der Waals surface area contributed by atoms with Crippen molar-refractivity contribution in [3.63, 3.8) is 0 Å². The van der Waals surface area contributed by atoms with Crippen molar-refractivity contribution in [1.29, 1.82) is 0 Å². The fourth-order valence-electron chi connectivity index (χ4n) is 4.46. The summed E-state index contributed by atoms with van der Waals surface area (Å²) in [5.74, 6) is 1.16. The Morgan fingerprint density at radius 2 is 1.84 bits per heavy atom. The topological polar surface area (TPSA) is 83.8 Å². The predicted molar refractivity (Wildman–Crippen MR) is 119 cm³/mol. The minimum atomic E-state index is 0.0280. The predicted octanol–water partition coefficient (Wildman–Crippen LogP) is 4.46. The third kappa shape index (κ3) is 4.38. The van der Waals surface area contributed by atoms with Gasteiger partial charge in [0, 0.05) is 36.4 Å². The van der Waals surface area contributed by atoms with Crippen molar-refractivity contribution in [2.45, 2.75) is 51.0 Å². The first-order valence-electron chi connectivity index (χ1n) is 11.0. The van der Waals surface area contributed by atoms with E-state index in [0.29, 0.717) is 31.0 Å². The normalized spacial score (nSPS) is 15.7. The molecule has 1 amide bonds. The van der Waals surface area contributed by atoms with Crippen LogP contribution in [0.3, 0.4) is 0 Å². The van der Waals surface area contributed by atoms with Crippen LogP contribution in [0.4, 0.5) is 0 Å². The Kier molecular flexibility index (Phi) is 5.52. The summed E-state index contributed by atoms with van der Waals surface area (Å²) in [5.41, 5.74) is 4.97. The van der Waals surface area contributed by atoms with Gasteiger partial charge in [0.15, 0.2) is 0 Å². The largest absolute Gasteiger partial charge is 0.425 e. The van der Waals surface area contributed by atoms with Crippen LogP contribution in [-0.2, 0) is 30.5 Å². The lowest BCUT2D eigenvalue weighted by Gasteiger charge is -2.26. The number of aromatic nitrogens is 3. The molecule has 0 spiro atoms. The van der Waals surface area contributed by atoms with Crippen LogP contribution in [0.25, 0.3) is 10.9 Å². The summed E-state index contributed by atoms with van der Waals surface area (Å²) < 4.78 is 5.78. The van der Waals surface area contributed by atoms with Crippen molar-refractivity contribution in [2.75, 3.05) is 0 Å². The monoisotopic (exact) mass is 414 g/mol. The minimum Gasteiger partial charge on any atom is -0.425 e. The minimum absolute atomic E-state index is 0.0280. The van der Waals surface area contributed by atoms with E-state index >= 15 is 0 Å². The number of nitrogens with one attached hydrogen (secondary N) is 2. The number of carbonyl (C=O) groups excluding carboxylic acids is 1. The third-order valence-electron chi connectivity index (χ3n) is 6.06. The number of benzene rings is 2. The van der Waals surface area contributed by atoms with E-state index in [1.807, 2.05) is 24.4 Å². The van der Waals surface area contributed by atoms with Crippen molar-refractivity contribution >= 4 is 16.8 Å². The molecular weight excluding hydrogens is 388 g/mol. The van der Waals surface area contributed by atoms with Gasteiger partial charge in [0.1, 0.15) is 0 Å². The van der Waals surface area contributed by atoms with Crippen LogP contribution in [-0.4, -0.2) is 21.1 Å². The Morgan fingerprint density at radius 3 is 2.77 bits per heavy atom. The van der Waals surface area contributed by atoms with Crippen molar-refractivity contribution in [2.24, 2.45) is 0 Å². The van der Waals surface area contributed by atoms with Crippen molar-refractivity contribution in [3.05, 3.63) is 83.2 Å². The summed E-state index contributed by atoms with van der Waals surface area (Å²) in [4.78, 5) is 15.8. The van der Waals surface area contributed by atoms with Crippen LogP contribution in [0.1, 0.15) is 53.8 Å². The van der Waals surface area contributed by atoms with Crippen molar-refractivity contribution < 1.29 is 9.21 Å². The zero-order valence-electron chi connectivity index (χ0n) is 17.4. The number of nitrogens with zero attached hydrogens (tertiary/aromatic N) is 2. The summed E-state index contributed by atoms with van der Waals surface area (Å²) in [6.07, 6.45) is 7.53. The number of hydrogen-bond donors (Lipinski definition) is 2. The summed E-state index contributed by atoms with van der Waals surface area (Å²) in [6, 6.07) is 16.7. The second-order valence-electron chi connectivity index (χ2n) is 8.16. The Bertz CT molecular complexity index is 1190. The second-order valence-corrected chi connectivity index (χ2v) is 8.16. The molecular formula is C25H26N4O2. The van der Waals surface area contributed by atoms with Gasteiger partial charge in [-0.2, -0.15) is 0 Å². The standard InChI is InChI=1S/C25H26N4O2/c30-23(27-22-11-5-7-17-6-1-2-8-19(17)22)13-15-25-29-28-24(31-25)14-12-18-16-26-21-10-4-3-9-20(18)21/h1-4,6,8-10,16,22,26H,5,7,11-15H2,(H,27,30)/t22-/m0/s1. The lowest BCUT2D eigenvalue weighted by atomic mass is 9.87. The fraction of sp³-hybridized carbons (Fsp3) is 0.320. The van der Waals surface area contributed by atoms with Crippen LogP contribution in [0.5, 0.6) is 0 Å². The molecule has 2 aromatic carbocycles. The molecule has 5 rings (SSSR count). The molecule has 4 aromatic rings. The van der Waals surface area contributed by atoms with E-state index in [2.05, 4.69) is 50.8 Å². The van der Waals surface area contributed by atoms with Crippen LogP contribution in [0.2, 0.25) is 0 Å². The first-order valence-corrected chi connectivity index (χ1v) is 11.0. The molecule has 2 heterocycles. The van der Waals surface area contributed by atoms with Crippen LogP contribution >= 0.6 is 0 Å². The lowest BCUT2D eigenvalue weighted by Crippen LogP contribution is -2.31. The molecule has 1 aliphatic rings. The lowest BCUT2D eigenvalue weighted by molar-refractivity contribution is -0.122. The molecule has 0 saturated heterocycles. The van der Waals surface area contributed by atoms with Crippen LogP contribution in [0.15, 0.2) is 59.1 Å². The molecule has 0 bridgehead atoms. The molecule has 2 N–H and O–H groups in total. The number of amides is 1. The average Bonchev–Trinajstić information content (AvgIpc) is 3.43. The number of aromatic amines is 1. The van der Waals surface area contributed by atoms with E-state index in [9.17, 15) is 4.79 Å². The number of aryl methyl sites for hydroxylation is 4. The van der Waals surface area contributed by atoms with Crippen molar-refractivity contribution in [1.82, 2.24) is 20.5 Å². The molecule has 0 saturated carbocycles. The average molecular weight is 415 g/mol. The van der Waals surface area contributed by atoms with Crippen molar-refractivity contribution in [3.8, 4) is 0 Å². The molecule has 1 atom stereocenters. The number of carbonyl (C=O) groups is 1. The van der Waals surface area contributed by atoms with Gasteiger partial charge < -0.3 is 14.7 Å². The maximum absolute atomic E-state index is 12.5. The van der Waals surface area contributed by atoms with E-state index in [0.717, 1.165) is 31.2 Å². The van der Waals surface area contributed by atoms with Crippen LogP contribution in [0, 0.1) is 0 Å². The smallest absolute Gasteiger partial charge is 0.220 e. The first-order chi connectivity index (χ1) is 15.3. The fourth-order valence-corrected chi connectivity index (χ4v) is 4.46. The summed E-state index contributed by atoms with van der Waals surface area (Å²) >= 11 is 0. The summed E-state index contributed by atoms with van der Waals surface area (Å²) in [7, 11) is 0. The van der Waals surface area contributed by atoms with Gasteiger partial charge in [-0.3, -0.25) is 4.79 Å². The highest BCUT2D eigenvalue weighted by molar-refractivity contribution is 5.83. The van der Waals surface area contributed by atoms with Gasteiger partial charge in [-0.25, -0.2) is 0 Å². The van der Waals surface area contributed by atoms with Gasteiger partial charge in [-0.1, -0.05) is 42.5 Å². The molecule has 0 aliphatic heterocycles. The van der Waals surface area contributed by atoms with E-state index < -0.39 is 0 Å². The molecule has 1 aliphatic carbocycles. The Balaban J connectivity index is 1.13. The molecule has 2 aromatic heterocycles. The second kappa shape index (κ2) is 8.76. The Morgan fingerprint density at radius 1 is 1.03 bits per heavy atom. The van der Waals surface area contributed by atoms with Gasteiger partial charge in [0.2, 0.25) is 17.7 Å². The number of H-pyrrole nitrogens is 1. The summed E-state index contributed by atoms with van der Waals surface area (Å²) in [5, 5.41) is 12.7. The molecule has 6 nitrogen and oxygen atoms in total. The van der Waals surface area contributed by atoms with Crippen LogP contribution < -0.4 is 5.32 Å². The SMILES string of the molecule is O=C(CCc1nnc(CCc2c[nH]c3ccccc23)o1)N[C@H]1CCCc2ccccc21. The zero-order chi connectivity index (χ0) is 21.0. The number of fused-ring (bicyclic) bond motifs is 2. The highest BCUT2D eigenvalue weighted by Gasteiger charge is 2.21. The molecule has 0 radical (unpaired) electrons. The molecule has 6 heteroatoms. The quantitative estimate of drug-likeness (QED) is 0.468. The number of rotatable bonds is 7. The summed E-state index contributed by atoms with van der Waals surface area (Å²) in [6.45, 7) is 0. The van der Waals surface area contributed by atoms with Gasteiger partial charge in [-0.05, 0) is 48.4 Å². The van der Waals surface area contributed by atoms with Gasteiger partial charge >= 0.3 is 0 Å². The number of hydrogen-bond acceptors (Lipinski definition) is 4. The first kappa shape index (κ1) is 19.5. The number of para-hydroxylation sites is 1. The Hall–Kier alpha value is -3.41. The maximum Gasteiger partial charge on any atom is 0.220 e. The maximum atomic E-state index is 12.5. The van der Waals surface area contributed by atoms with E-state index in [1.165, 1.54) is 22.1 Å². The van der Waals surface area contributed by atoms with Gasteiger partial charge in [0.25, 0.3) is 0 Å².